The Hall–Kier alpha value is -3.22. The molecular weight excluding hydrogens is 392 g/mol. The largest absolute Gasteiger partial charge is 0.372 e. The summed E-state index contributed by atoms with van der Waals surface area (Å²) in [6.45, 7) is 4.43. The Morgan fingerprint density at radius 3 is 1.47 bits per heavy atom. The average molecular weight is 423 g/mol. The van der Waals surface area contributed by atoms with E-state index in [4.69, 9.17) is 0 Å². The number of aliphatic hydroxyl groups is 1. The van der Waals surface area contributed by atoms with Crippen molar-refractivity contribution in [1.29, 1.82) is 0 Å². The molecule has 2 saturated heterocycles. The van der Waals surface area contributed by atoms with Gasteiger partial charge in [-0.1, -0.05) is 54.3 Å². The topological polar surface area (TPSA) is 26.7 Å². The molecule has 2 aliphatic rings. The molecule has 0 unspecified atom stereocenters. The first-order chi connectivity index (χ1) is 15.7. The van der Waals surface area contributed by atoms with Gasteiger partial charge >= 0.3 is 0 Å². The second kappa shape index (κ2) is 9.10. The van der Waals surface area contributed by atoms with Gasteiger partial charge in [-0.3, -0.25) is 0 Å². The molecule has 3 nitrogen and oxygen atoms in total. The minimum atomic E-state index is -1.37. The molecule has 0 radical (unpaired) electrons. The predicted octanol–water partition coefficient (Wildman–Crippen LogP) is 5.17. The molecule has 3 heteroatoms. The molecule has 2 aliphatic heterocycles. The van der Waals surface area contributed by atoms with Crippen molar-refractivity contribution in [2.24, 2.45) is 0 Å². The zero-order valence-corrected chi connectivity index (χ0v) is 18.5. The molecule has 3 aromatic carbocycles. The van der Waals surface area contributed by atoms with Gasteiger partial charge in [0.15, 0.2) is 5.60 Å². The van der Waals surface area contributed by atoms with E-state index in [1.807, 2.05) is 54.6 Å². The normalized spacial score (nSPS) is 16.2. The van der Waals surface area contributed by atoms with Crippen molar-refractivity contribution >= 4 is 11.4 Å². The van der Waals surface area contributed by atoms with Crippen molar-refractivity contribution < 1.29 is 5.11 Å². The van der Waals surface area contributed by atoms with Crippen molar-refractivity contribution in [2.75, 3.05) is 36.0 Å². The van der Waals surface area contributed by atoms with Gasteiger partial charge in [-0.2, -0.15) is 0 Å². The highest BCUT2D eigenvalue weighted by atomic mass is 16.3. The Bertz CT molecular complexity index is 1020. The third-order valence-electron chi connectivity index (χ3n) is 6.67. The highest BCUT2D eigenvalue weighted by Gasteiger charge is 2.30. The summed E-state index contributed by atoms with van der Waals surface area (Å²) in [5.74, 6) is 6.40. The maximum atomic E-state index is 11.9. The SMILES string of the molecule is OC(C#Cc1ccccc1)(c1ccc(N2CCCC2)cc1)c1ccc(N2CCCC2)cc1. The molecule has 0 aliphatic carbocycles. The third-order valence-corrected chi connectivity index (χ3v) is 6.67. The molecule has 0 aromatic heterocycles. The second-order valence-corrected chi connectivity index (χ2v) is 8.81. The smallest absolute Gasteiger partial charge is 0.177 e. The average Bonchev–Trinajstić information content (AvgIpc) is 3.58. The fourth-order valence-corrected chi connectivity index (χ4v) is 4.77. The molecule has 0 saturated carbocycles. The zero-order chi connectivity index (χ0) is 21.8. The predicted molar refractivity (Wildman–Crippen MR) is 132 cm³/mol. The standard InChI is InChI=1S/C29H30N2O/c32-29(19-18-24-8-2-1-3-9-24,25-10-14-27(15-11-25)30-20-4-5-21-30)26-12-16-28(17-13-26)31-22-6-7-23-31/h1-3,8-17,32H,4-7,20-23H2. The Morgan fingerprint density at radius 2 is 1.03 bits per heavy atom. The first kappa shape index (κ1) is 20.7. The van der Waals surface area contributed by atoms with E-state index in [1.54, 1.807) is 0 Å². The minimum absolute atomic E-state index is 0.804. The molecule has 0 spiro atoms. The van der Waals surface area contributed by atoms with Crippen molar-refractivity contribution in [3.05, 3.63) is 95.6 Å². The molecule has 5 rings (SSSR count). The van der Waals surface area contributed by atoms with E-state index >= 15 is 0 Å². The fourth-order valence-electron chi connectivity index (χ4n) is 4.77. The van der Waals surface area contributed by atoms with Crippen LogP contribution in [0.25, 0.3) is 0 Å². The molecule has 162 valence electrons. The van der Waals surface area contributed by atoms with Gasteiger partial charge in [-0.05, 0) is 62.1 Å². The van der Waals surface area contributed by atoms with Crippen molar-refractivity contribution in [3.8, 4) is 11.8 Å². The summed E-state index contributed by atoms with van der Waals surface area (Å²) in [4.78, 5) is 4.81. The van der Waals surface area contributed by atoms with Gasteiger partial charge < -0.3 is 14.9 Å². The van der Waals surface area contributed by atoms with Crippen LogP contribution in [0.15, 0.2) is 78.9 Å². The Labute approximate surface area is 191 Å². The lowest BCUT2D eigenvalue weighted by Gasteiger charge is -2.26. The van der Waals surface area contributed by atoms with Gasteiger partial charge in [0.1, 0.15) is 0 Å². The number of nitrogens with zero attached hydrogens (tertiary/aromatic N) is 2. The van der Waals surface area contributed by atoms with Gasteiger partial charge in [0.2, 0.25) is 0 Å². The maximum absolute atomic E-state index is 11.9. The van der Waals surface area contributed by atoms with E-state index < -0.39 is 5.60 Å². The number of hydrogen-bond donors (Lipinski definition) is 1. The fraction of sp³-hybridized carbons (Fsp3) is 0.310. The van der Waals surface area contributed by atoms with Gasteiger partial charge in [-0.15, -0.1) is 0 Å². The van der Waals surface area contributed by atoms with Gasteiger partial charge in [0.05, 0.1) is 0 Å². The number of hydrogen-bond acceptors (Lipinski definition) is 3. The van der Waals surface area contributed by atoms with E-state index in [-0.39, 0.29) is 0 Å². The summed E-state index contributed by atoms with van der Waals surface area (Å²) in [5, 5.41) is 11.9. The van der Waals surface area contributed by atoms with Gasteiger partial charge in [0.25, 0.3) is 0 Å². The Kier molecular flexibility index (Phi) is 5.88. The van der Waals surface area contributed by atoms with Crippen molar-refractivity contribution in [3.63, 3.8) is 0 Å². The highest BCUT2D eigenvalue weighted by Crippen LogP contribution is 2.33. The third kappa shape index (κ3) is 4.24. The van der Waals surface area contributed by atoms with Crippen LogP contribution in [0, 0.1) is 11.8 Å². The summed E-state index contributed by atoms with van der Waals surface area (Å²) < 4.78 is 0. The highest BCUT2D eigenvalue weighted by molar-refractivity contribution is 5.56. The molecule has 2 fully saturated rings. The van der Waals surface area contributed by atoms with Crippen molar-refractivity contribution in [2.45, 2.75) is 31.3 Å². The molecule has 32 heavy (non-hydrogen) atoms. The lowest BCUT2D eigenvalue weighted by atomic mass is 9.86. The second-order valence-electron chi connectivity index (χ2n) is 8.81. The molecule has 0 atom stereocenters. The zero-order valence-electron chi connectivity index (χ0n) is 18.5. The van der Waals surface area contributed by atoms with Crippen LogP contribution in [-0.2, 0) is 5.60 Å². The van der Waals surface area contributed by atoms with Crippen LogP contribution in [0.3, 0.4) is 0 Å². The summed E-state index contributed by atoms with van der Waals surface area (Å²) in [6, 6.07) is 26.5. The van der Waals surface area contributed by atoms with E-state index in [0.29, 0.717) is 0 Å². The van der Waals surface area contributed by atoms with Gasteiger partial charge in [-0.25, -0.2) is 0 Å². The first-order valence-electron chi connectivity index (χ1n) is 11.7. The van der Waals surface area contributed by atoms with E-state index in [0.717, 1.165) is 42.9 Å². The van der Waals surface area contributed by atoms with Crippen LogP contribution in [0.4, 0.5) is 11.4 Å². The molecule has 2 heterocycles. The summed E-state index contributed by atoms with van der Waals surface area (Å²) in [6.07, 6.45) is 4.99. The monoisotopic (exact) mass is 422 g/mol. The molecule has 0 amide bonds. The quantitative estimate of drug-likeness (QED) is 0.587. The molecule has 0 bridgehead atoms. The van der Waals surface area contributed by atoms with E-state index in [1.165, 1.54) is 37.1 Å². The van der Waals surface area contributed by atoms with Crippen LogP contribution in [0.5, 0.6) is 0 Å². The maximum Gasteiger partial charge on any atom is 0.177 e. The van der Waals surface area contributed by atoms with E-state index in [9.17, 15) is 5.11 Å². The Balaban J connectivity index is 1.50. The summed E-state index contributed by atoms with van der Waals surface area (Å²) >= 11 is 0. The van der Waals surface area contributed by atoms with Gasteiger partial charge in [0, 0.05) is 54.2 Å². The van der Waals surface area contributed by atoms with Crippen LogP contribution >= 0.6 is 0 Å². The first-order valence-corrected chi connectivity index (χ1v) is 11.7. The number of rotatable bonds is 4. The minimum Gasteiger partial charge on any atom is -0.372 e. The number of benzene rings is 3. The van der Waals surface area contributed by atoms with Crippen LogP contribution in [-0.4, -0.2) is 31.3 Å². The molecular formula is C29H30N2O. The molecule has 3 aromatic rings. The molecule has 1 N–H and O–H groups in total. The lowest BCUT2D eigenvalue weighted by molar-refractivity contribution is 0.145. The summed E-state index contributed by atoms with van der Waals surface area (Å²) in [7, 11) is 0. The summed E-state index contributed by atoms with van der Waals surface area (Å²) in [5.41, 5.74) is 3.56. The number of anilines is 2. The van der Waals surface area contributed by atoms with Crippen LogP contribution in [0.2, 0.25) is 0 Å². The Morgan fingerprint density at radius 1 is 0.594 bits per heavy atom. The van der Waals surface area contributed by atoms with Crippen molar-refractivity contribution in [1.82, 2.24) is 0 Å². The lowest BCUT2D eigenvalue weighted by Crippen LogP contribution is -2.26. The van der Waals surface area contributed by atoms with Crippen LogP contribution < -0.4 is 9.80 Å². The van der Waals surface area contributed by atoms with Crippen LogP contribution in [0.1, 0.15) is 42.4 Å². The van der Waals surface area contributed by atoms with E-state index in [2.05, 4.69) is 45.9 Å².